The molecular formula is C40H52F6N4O4. The average Bonchev–Trinajstić information content (AvgIpc) is 3.84. The van der Waals surface area contributed by atoms with E-state index in [1.54, 1.807) is 13.8 Å². The Hall–Kier alpha value is -3.20. The number of alkyl halides is 6. The number of carbonyl (C=O) groups excluding carboxylic acids is 2. The van der Waals surface area contributed by atoms with Gasteiger partial charge in [-0.1, -0.05) is 6.42 Å². The van der Waals surface area contributed by atoms with Crippen molar-refractivity contribution in [2.75, 3.05) is 52.6 Å². The van der Waals surface area contributed by atoms with E-state index < -0.39 is 23.5 Å². The van der Waals surface area contributed by atoms with Gasteiger partial charge in [0.25, 0.3) is 11.8 Å². The molecular weight excluding hydrogens is 714 g/mol. The highest BCUT2D eigenvalue weighted by Crippen LogP contribution is 2.44. The standard InChI is InChI=1S/C21H27F3N2O2.C19H25F3N2O2/c22-21(23,24)15-6-7-16(17(12-15)14-4-5-14)20(27)25-18-13-28-11-8-19(18)26-9-2-1-3-10-26;1-12-9-14(19(20,21)22)10-13(2)17(12)18(25)23-15-11-26-8-5-16(15)24-6-3-4-7-24/h6-7,12,14,18-19H,1-5,8-11,13H2,(H,25,27);9-10,15-16H,3-8,11H2,1-2H3,(H,23,25). The molecule has 4 saturated heterocycles. The van der Waals surface area contributed by atoms with Crippen molar-refractivity contribution in [2.45, 2.75) is 114 Å². The molecule has 0 aromatic heterocycles. The Labute approximate surface area is 313 Å². The van der Waals surface area contributed by atoms with Crippen LogP contribution in [-0.2, 0) is 21.8 Å². The van der Waals surface area contributed by atoms with Gasteiger partial charge in [-0.3, -0.25) is 19.4 Å². The Balaban J connectivity index is 0.000000185. The highest BCUT2D eigenvalue weighted by atomic mass is 19.4. The minimum absolute atomic E-state index is 0.0588. The molecule has 4 aliphatic heterocycles. The lowest BCUT2D eigenvalue weighted by atomic mass is 9.96. The van der Waals surface area contributed by atoms with Gasteiger partial charge in [-0.2, -0.15) is 26.3 Å². The number of ether oxygens (including phenoxy) is 2. The third kappa shape index (κ3) is 9.96. The van der Waals surface area contributed by atoms with Gasteiger partial charge in [0.1, 0.15) is 0 Å². The molecule has 5 fully saturated rings. The molecule has 2 aromatic carbocycles. The molecule has 2 aromatic rings. The van der Waals surface area contributed by atoms with Crippen LogP contribution in [0.5, 0.6) is 0 Å². The second kappa shape index (κ2) is 17.3. The van der Waals surface area contributed by atoms with Crippen molar-refractivity contribution < 1.29 is 45.4 Å². The summed E-state index contributed by atoms with van der Waals surface area (Å²) in [7, 11) is 0. The van der Waals surface area contributed by atoms with Crippen molar-refractivity contribution in [3.05, 3.63) is 69.3 Å². The minimum Gasteiger partial charge on any atom is -0.379 e. The van der Waals surface area contributed by atoms with Gasteiger partial charge in [0.05, 0.1) is 36.4 Å². The van der Waals surface area contributed by atoms with Gasteiger partial charge in [-0.05, 0) is 144 Å². The van der Waals surface area contributed by atoms with E-state index in [4.69, 9.17) is 9.47 Å². The predicted molar refractivity (Wildman–Crippen MR) is 192 cm³/mol. The molecule has 4 unspecified atom stereocenters. The molecule has 1 saturated carbocycles. The van der Waals surface area contributed by atoms with Gasteiger partial charge in [0.15, 0.2) is 0 Å². The van der Waals surface area contributed by atoms with Crippen molar-refractivity contribution in [3.63, 3.8) is 0 Å². The molecule has 8 nitrogen and oxygen atoms in total. The number of benzene rings is 2. The third-order valence-corrected chi connectivity index (χ3v) is 11.5. The van der Waals surface area contributed by atoms with Crippen LogP contribution in [0.15, 0.2) is 30.3 Å². The van der Waals surface area contributed by atoms with Crippen molar-refractivity contribution in [3.8, 4) is 0 Å². The highest BCUT2D eigenvalue weighted by molar-refractivity contribution is 5.97. The first-order chi connectivity index (χ1) is 25.7. The first kappa shape index (κ1) is 40.5. The van der Waals surface area contributed by atoms with Crippen LogP contribution in [0, 0.1) is 13.8 Å². The Bertz CT molecular complexity index is 1600. The molecule has 0 radical (unpaired) electrons. The lowest BCUT2D eigenvalue weighted by molar-refractivity contribution is -0.138. The Kier molecular flexibility index (Phi) is 13.0. The number of rotatable bonds is 7. The van der Waals surface area contributed by atoms with E-state index in [0.29, 0.717) is 54.2 Å². The molecule has 14 heteroatoms. The number of nitrogens with zero attached hydrogens (tertiary/aromatic N) is 2. The summed E-state index contributed by atoms with van der Waals surface area (Å²) in [6.45, 7) is 9.45. The van der Waals surface area contributed by atoms with Gasteiger partial charge >= 0.3 is 12.4 Å². The summed E-state index contributed by atoms with van der Waals surface area (Å²) in [5, 5.41) is 6.09. The topological polar surface area (TPSA) is 83.1 Å². The molecule has 2 N–H and O–H groups in total. The molecule has 0 bridgehead atoms. The van der Waals surface area contributed by atoms with Gasteiger partial charge in [0.2, 0.25) is 0 Å². The number of amides is 2. The van der Waals surface area contributed by atoms with Crippen LogP contribution in [0.2, 0.25) is 0 Å². The van der Waals surface area contributed by atoms with E-state index in [2.05, 4.69) is 20.4 Å². The van der Waals surface area contributed by atoms with E-state index in [1.165, 1.54) is 25.3 Å². The quantitative estimate of drug-likeness (QED) is 0.289. The fourth-order valence-corrected chi connectivity index (χ4v) is 8.58. The zero-order valence-corrected chi connectivity index (χ0v) is 31.1. The lowest BCUT2D eigenvalue weighted by Gasteiger charge is -2.41. The lowest BCUT2D eigenvalue weighted by Crippen LogP contribution is -2.57. The van der Waals surface area contributed by atoms with E-state index >= 15 is 0 Å². The zero-order valence-electron chi connectivity index (χ0n) is 31.1. The number of hydrogen-bond donors (Lipinski definition) is 2. The minimum atomic E-state index is -4.41. The average molecular weight is 767 g/mol. The summed E-state index contributed by atoms with van der Waals surface area (Å²) in [6, 6.07) is 5.78. The number of nitrogens with one attached hydrogen (secondary N) is 2. The summed E-state index contributed by atoms with van der Waals surface area (Å²) < 4.78 is 89.3. The van der Waals surface area contributed by atoms with Crippen molar-refractivity contribution >= 4 is 11.8 Å². The fourth-order valence-electron chi connectivity index (χ4n) is 8.58. The summed E-state index contributed by atoms with van der Waals surface area (Å²) in [5.74, 6) is -0.551. The van der Waals surface area contributed by atoms with E-state index in [9.17, 15) is 35.9 Å². The van der Waals surface area contributed by atoms with Crippen LogP contribution >= 0.6 is 0 Å². The van der Waals surface area contributed by atoms with Crippen LogP contribution in [-0.4, -0.2) is 98.4 Å². The van der Waals surface area contributed by atoms with Crippen LogP contribution in [0.4, 0.5) is 26.3 Å². The Morgan fingerprint density at radius 2 is 1.13 bits per heavy atom. The highest BCUT2D eigenvalue weighted by Gasteiger charge is 2.38. The molecule has 7 rings (SSSR count). The second-order valence-corrected chi connectivity index (χ2v) is 15.4. The predicted octanol–water partition coefficient (Wildman–Crippen LogP) is 7.26. The van der Waals surface area contributed by atoms with Gasteiger partial charge < -0.3 is 20.1 Å². The van der Waals surface area contributed by atoms with E-state index in [0.717, 1.165) is 89.0 Å². The summed E-state index contributed by atoms with van der Waals surface area (Å²) in [5.41, 5.74) is 0.493. The maximum atomic E-state index is 13.1. The zero-order chi connectivity index (χ0) is 38.6. The SMILES string of the molecule is Cc1cc(C(F)(F)F)cc(C)c1C(=O)NC1COCCC1N1CCCC1.O=C(NC1COCCC1N1CCCCC1)c1ccc(C(F)(F)F)cc1C1CC1. The van der Waals surface area contributed by atoms with Crippen LogP contribution in [0.1, 0.15) is 112 Å². The molecule has 0 spiro atoms. The van der Waals surface area contributed by atoms with E-state index in [-0.39, 0.29) is 41.9 Å². The number of piperidine rings is 1. The van der Waals surface area contributed by atoms with Crippen molar-refractivity contribution in [2.24, 2.45) is 0 Å². The van der Waals surface area contributed by atoms with Crippen molar-refractivity contribution in [1.82, 2.24) is 20.4 Å². The number of halogens is 6. The maximum Gasteiger partial charge on any atom is 0.416 e. The molecule has 4 heterocycles. The number of carbonyl (C=O) groups is 2. The maximum absolute atomic E-state index is 13.1. The van der Waals surface area contributed by atoms with Crippen LogP contribution < -0.4 is 10.6 Å². The monoisotopic (exact) mass is 766 g/mol. The molecule has 1 aliphatic carbocycles. The first-order valence-electron chi connectivity index (χ1n) is 19.4. The Morgan fingerprint density at radius 3 is 1.61 bits per heavy atom. The third-order valence-electron chi connectivity index (χ3n) is 11.5. The second-order valence-electron chi connectivity index (χ2n) is 15.4. The van der Waals surface area contributed by atoms with Crippen LogP contribution in [0.25, 0.3) is 0 Å². The molecule has 2 amide bonds. The molecule has 4 atom stereocenters. The fraction of sp³-hybridized carbons (Fsp3) is 0.650. The number of aryl methyl sites for hydroxylation is 2. The molecule has 5 aliphatic rings. The smallest absolute Gasteiger partial charge is 0.379 e. The summed E-state index contributed by atoms with van der Waals surface area (Å²) >= 11 is 0. The summed E-state index contributed by atoms with van der Waals surface area (Å²) in [4.78, 5) is 30.6. The largest absolute Gasteiger partial charge is 0.416 e. The van der Waals surface area contributed by atoms with E-state index in [1.807, 2.05) is 0 Å². The normalized spacial score (nSPS) is 25.8. The van der Waals surface area contributed by atoms with Gasteiger partial charge in [-0.25, -0.2) is 0 Å². The van der Waals surface area contributed by atoms with Gasteiger partial charge in [-0.15, -0.1) is 0 Å². The number of hydrogen-bond acceptors (Lipinski definition) is 6. The molecule has 54 heavy (non-hydrogen) atoms. The van der Waals surface area contributed by atoms with Crippen molar-refractivity contribution in [1.29, 1.82) is 0 Å². The summed E-state index contributed by atoms with van der Waals surface area (Å²) in [6.07, 6.45) is 0.499. The van der Waals surface area contributed by atoms with Gasteiger partial charge in [0, 0.05) is 36.4 Å². The molecule has 298 valence electrons. The van der Waals surface area contributed by atoms with Crippen LogP contribution in [0.3, 0.4) is 0 Å². The Morgan fingerprint density at radius 1 is 0.648 bits per heavy atom. The first-order valence-corrected chi connectivity index (χ1v) is 19.4. The number of likely N-dealkylation sites (tertiary alicyclic amines) is 2.